The molecule has 0 unspecified atom stereocenters. The van der Waals surface area contributed by atoms with Gasteiger partial charge in [0.05, 0.1) is 25.5 Å². The van der Waals surface area contributed by atoms with E-state index in [1.165, 1.54) is 18.4 Å². The molecule has 0 aliphatic rings. The summed E-state index contributed by atoms with van der Waals surface area (Å²) in [5.74, 6) is 0.824. The van der Waals surface area contributed by atoms with Gasteiger partial charge in [0.2, 0.25) is 0 Å². The second kappa shape index (κ2) is 8.01. The molecule has 3 rings (SSSR count). The van der Waals surface area contributed by atoms with Crippen LogP contribution in [0.15, 0.2) is 48.5 Å². The Hall–Kier alpha value is -2.86. The van der Waals surface area contributed by atoms with Gasteiger partial charge in [-0.1, -0.05) is 37.3 Å². The van der Waals surface area contributed by atoms with Crippen molar-refractivity contribution >= 4 is 22.4 Å². The lowest BCUT2D eigenvalue weighted by Crippen LogP contribution is -2.13. The van der Waals surface area contributed by atoms with E-state index in [0.29, 0.717) is 22.2 Å². The molecule has 1 amide bonds. The standard InChI is InChI=1S/C20H20N2O3S/c1-4-17-18(13-8-6-5-7-9-13)21-20(26-17)22-19(23)15-11-10-14(24-2)12-16(15)25-3/h5-12H,4H2,1-3H3,(H,21,22,23). The third-order valence-electron chi connectivity index (χ3n) is 3.94. The third kappa shape index (κ3) is 3.70. The normalized spacial score (nSPS) is 10.4. The Bertz CT molecular complexity index is 907. The van der Waals surface area contributed by atoms with E-state index >= 15 is 0 Å². The Labute approximate surface area is 156 Å². The number of benzene rings is 2. The van der Waals surface area contributed by atoms with Crippen LogP contribution in [-0.2, 0) is 6.42 Å². The molecule has 0 spiro atoms. The Kier molecular flexibility index (Phi) is 5.53. The molecule has 0 aliphatic heterocycles. The van der Waals surface area contributed by atoms with Gasteiger partial charge in [-0.05, 0) is 18.6 Å². The predicted molar refractivity (Wildman–Crippen MR) is 104 cm³/mol. The molecule has 0 bridgehead atoms. The van der Waals surface area contributed by atoms with E-state index in [9.17, 15) is 4.79 Å². The zero-order valence-electron chi connectivity index (χ0n) is 14.9. The molecule has 1 N–H and O–H groups in total. The summed E-state index contributed by atoms with van der Waals surface area (Å²) in [6, 6.07) is 15.1. The molecule has 1 heterocycles. The first-order valence-electron chi connectivity index (χ1n) is 8.24. The molecule has 0 atom stereocenters. The quantitative estimate of drug-likeness (QED) is 0.688. The van der Waals surface area contributed by atoms with E-state index in [-0.39, 0.29) is 5.91 Å². The average Bonchev–Trinajstić information content (AvgIpc) is 3.10. The van der Waals surface area contributed by atoms with Crippen molar-refractivity contribution in [2.24, 2.45) is 0 Å². The molecule has 0 radical (unpaired) electrons. The van der Waals surface area contributed by atoms with Crippen LogP contribution in [0.1, 0.15) is 22.2 Å². The van der Waals surface area contributed by atoms with Crippen LogP contribution in [-0.4, -0.2) is 25.1 Å². The monoisotopic (exact) mass is 368 g/mol. The van der Waals surface area contributed by atoms with Gasteiger partial charge < -0.3 is 9.47 Å². The summed E-state index contributed by atoms with van der Waals surface area (Å²) in [4.78, 5) is 18.4. The van der Waals surface area contributed by atoms with Gasteiger partial charge in [-0.15, -0.1) is 11.3 Å². The van der Waals surface area contributed by atoms with Gasteiger partial charge in [0.15, 0.2) is 5.13 Å². The number of carbonyl (C=O) groups is 1. The van der Waals surface area contributed by atoms with Crippen LogP contribution in [0, 0.1) is 0 Å². The fourth-order valence-electron chi connectivity index (χ4n) is 2.62. The van der Waals surface area contributed by atoms with Gasteiger partial charge in [0.1, 0.15) is 11.5 Å². The SMILES string of the molecule is CCc1sc(NC(=O)c2ccc(OC)cc2OC)nc1-c1ccccc1. The second-order valence-corrected chi connectivity index (χ2v) is 6.61. The number of ether oxygens (including phenoxy) is 2. The van der Waals surface area contributed by atoms with Crippen molar-refractivity contribution in [1.29, 1.82) is 0 Å². The van der Waals surface area contributed by atoms with Crippen molar-refractivity contribution in [1.82, 2.24) is 4.98 Å². The van der Waals surface area contributed by atoms with E-state index < -0.39 is 0 Å². The number of anilines is 1. The number of nitrogens with one attached hydrogen (secondary N) is 1. The maximum atomic E-state index is 12.7. The summed E-state index contributed by atoms with van der Waals surface area (Å²) < 4.78 is 10.5. The van der Waals surface area contributed by atoms with E-state index in [1.807, 2.05) is 30.3 Å². The number of hydrogen-bond donors (Lipinski definition) is 1. The highest BCUT2D eigenvalue weighted by Gasteiger charge is 2.17. The van der Waals surface area contributed by atoms with Gasteiger partial charge in [0.25, 0.3) is 5.91 Å². The molecule has 6 heteroatoms. The molecule has 0 saturated carbocycles. The summed E-state index contributed by atoms with van der Waals surface area (Å²) in [7, 11) is 3.10. The van der Waals surface area contributed by atoms with Crippen LogP contribution >= 0.6 is 11.3 Å². The third-order valence-corrected chi connectivity index (χ3v) is 5.05. The molecule has 5 nitrogen and oxygen atoms in total. The number of amides is 1. The number of aryl methyl sites for hydroxylation is 1. The van der Waals surface area contributed by atoms with E-state index in [0.717, 1.165) is 22.6 Å². The van der Waals surface area contributed by atoms with E-state index in [4.69, 9.17) is 9.47 Å². The minimum Gasteiger partial charge on any atom is -0.497 e. The number of hydrogen-bond acceptors (Lipinski definition) is 5. The fraction of sp³-hybridized carbons (Fsp3) is 0.200. The minimum atomic E-state index is -0.263. The number of rotatable bonds is 6. The molecular formula is C20H20N2O3S. The lowest BCUT2D eigenvalue weighted by atomic mass is 10.1. The number of methoxy groups -OCH3 is 2. The topological polar surface area (TPSA) is 60.5 Å². The maximum Gasteiger partial charge on any atom is 0.261 e. The first kappa shape index (κ1) is 17.9. The Morgan fingerprint density at radius 2 is 1.88 bits per heavy atom. The second-order valence-electron chi connectivity index (χ2n) is 5.53. The van der Waals surface area contributed by atoms with Crippen LogP contribution < -0.4 is 14.8 Å². The number of aromatic nitrogens is 1. The first-order chi connectivity index (χ1) is 12.7. The van der Waals surface area contributed by atoms with Crippen molar-refractivity contribution < 1.29 is 14.3 Å². The van der Waals surface area contributed by atoms with Gasteiger partial charge >= 0.3 is 0 Å². The van der Waals surface area contributed by atoms with Crippen molar-refractivity contribution in [3.63, 3.8) is 0 Å². The molecule has 0 aliphatic carbocycles. The molecule has 0 fully saturated rings. The number of thiazole rings is 1. The molecule has 134 valence electrons. The Balaban J connectivity index is 1.88. The fourth-order valence-corrected chi connectivity index (χ4v) is 3.54. The van der Waals surface area contributed by atoms with Crippen LogP contribution in [0.4, 0.5) is 5.13 Å². The molecular weight excluding hydrogens is 348 g/mol. The van der Waals surface area contributed by atoms with Crippen molar-refractivity contribution in [2.75, 3.05) is 19.5 Å². The lowest BCUT2D eigenvalue weighted by Gasteiger charge is -2.09. The molecule has 3 aromatic rings. The van der Waals surface area contributed by atoms with Crippen LogP contribution in [0.2, 0.25) is 0 Å². The Morgan fingerprint density at radius 1 is 1.12 bits per heavy atom. The highest BCUT2D eigenvalue weighted by molar-refractivity contribution is 7.16. The van der Waals surface area contributed by atoms with Gasteiger partial charge in [-0.3, -0.25) is 10.1 Å². The summed E-state index contributed by atoms with van der Waals surface area (Å²) >= 11 is 1.49. The van der Waals surface area contributed by atoms with Crippen molar-refractivity contribution in [3.8, 4) is 22.8 Å². The number of nitrogens with zero attached hydrogens (tertiary/aromatic N) is 1. The van der Waals surface area contributed by atoms with Crippen LogP contribution in [0.5, 0.6) is 11.5 Å². The zero-order valence-corrected chi connectivity index (χ0v) is 15.7. The van der Waals surface area contributed by atoms with E-state index in [1.54, 1.807) is 25.3 Å². The minimum absolute atomic E-state index is 0.263. The van der Waals surface area contributed by atoms with Crippen molar-refractivity contribution in [3.05, 3.63) is 59.0 Å². The molecule has 1 aromatic heterocycles. The van der Waals surface area contributed by atoms with Gasteiger partial charge in [-0.25, -0.2) is 4.98 Å². The average molecular weight is 368 g/mol. The number of carbonyl (C=O) groups excluding carboxylic acids is 1. The Morgan fingerprint density at radius 3 is 2.54 bits per heavy atom. The van der Waals surface area contributed by atoms with Gasteiger partial charge in [0, 0.05) is 16.5 Å². The summed E-state index contributed by atoms with van der Waals surface area (Å²) in [5, 5.41) is 3.46. The highest BCUT2D eigenvalue weighted by atomic mass is 32.1. The lowest BCUT2D eigenvalue weighted by molar-refractivity contribution is 0.102. The largest absolute Gasteiger partial charge is 0.497 e. The molecule has 0 saturated heterocycles. The zero-order chi connectivity index (χ0) is 18.5. The van der Waals surface area contributed by atoms with Crippen LogP contribution in [0.3, 0.4) is 0 Å². The smallest absolute Gasteiger partial charge is 0.261 e. The summed E-state index contributed by atoms with van der Waals surface area (Å²) in [6.07, 6.45) is 0.851. The maximum absolute atomic E-state index is 12.7. The van der Waals surface area contributed by atoms with Crippen LogP contribution in [0.25, 0.3) is 11.3 Å². The van der Waals surface area contributed by atoms with Crippen molar-refractivity contribution in [2.45, 2.75) is 13.3 Å². The summed E-state index contributed by atoms with van der Waals surface area (Å²) in [6.45, 7) is 2.08. The predicted octanol–water partition coefficient (Wildman–Crippen LogP) is 4.64. The first-order valence-corrected chi connectivity index (χ1v) is 9.06. The van der Waals surface area contributed by atoms with E-state index in [2.05, 4.69) is 17.2 Å². The van der Waals surface area contributed by atoms with Gasteiger partial charge in [-0.2, -0.15) is 0 Å². The molecule has 2 aromatic carbocycles. The highest BCUT2D eigenvalue weighted by Crippen LogP contribution is 2.32. The summed E-state index contributed by atoms with van der Waals surface area (Å²) in [5.41, 5.74) is 2.39. The molecule has 26 heavy (non-hydrogen) atoms.